The molecule has 1 aromatic heterocycles. The number of ether oxygens (including phenoxy) is 2. The molecule has 0 aliphatic heterocycles. The minimum Gasteiger partial charge on any atom is -0.480 e. The maximum Gasteiger partial charge on any atom is 0.344 e. The molecule has 32 heavy (non-hydrogen) atoms. The highest BCUT2D eigenvalue weighted by Gasteiger charge is 2.13. The number of hydrazone groups is 1. The van der Waals surface area contributed by atoms with Crippen LogP contribution in [0.15, 0.2) is 70.2 Å². The van der Waals surface area contributed by atoms with Gasteiger partial charge < -0.3 is 13.9 Å². The molecule has 0 radical (unpaired) electrons. The van der Waals surface area contributed by atoms with Gasteiger partial charge in [0, 0.05) is 5.39 Å². The molecule has 0 atom stereocenters. The number of carbonyl (C=O) groups is 2. The van der Waals surface area contributed by atoms with Crippen molar-refractivity contribution < 1.29 is 23.5 Å². The Labute approximate surface area is 188 Å². The Bertz CT molecular complexity index is 1330. The van der Waals surface area contributed by atoms with Gasteiger partial charge in [0.1, 0.15) is 11.3 Å². The molecule has 4 aromatic rings. The Kier molecular flexibility index (Phi) is 6.37. The fraction of sp³-hybridized carbons (Fsp3) is 0.125. The van der Waals surface area contributed by atoms with Crippen LogP contribution in [0.4, 0.5) is 0 Å². The number of esters is 1. The molecule has 0 aliphatic rings. The molecule has 1 heterocycles. The molecule has 8 heteroatoms. The van der Waals surface area contributed by atoms with E-state index in [4.69, 9.17) is 25.5 Å². The lowest BCUT2D eigenvalue weighted by molar-refractivity contribution is -0.145. The summed E-state index contributed by atoms with van der Waals surface area (Å²) in [5.41, 5.74) is 3.71. The highest BCUT2D eigenvalue weighted by Crippen LogP contribution is 2.28. The van der Waals surface area contributed by atoms with Gasteiger partial charge >= 0.3 is 11.9 Å². The molecule has 1 amide bonds. The highest BCUT2D eigenvalue weighted by molar-refractivity contribution is 6.32. The van der Waals surface area contributed by atoms with Crippen LogP contribution in [0.5, 0.6) is 5.75 Å². The van der Waals surface area contributed by atoms with Gasteiger partial charge in [0.05, 0.1) is 17.8 Å². The van der Waals surface area contributed by atoms with E-state index in [2.05, 4.69) is 10.5 Å². The van der Waals surface area contributed by atoms with E-state index in [1.54, 1.807) is 31.2 Å². The highest BCUT2D eigenvalue weighted by atomic mass is 35.5. The predicted molar refractivity (Wildman–Crippen MR) is 122 cm³/mol. The molecule has 162 valence electrons. The van der Waals surface area contributed by atoms with Crippen LogP contribution in [0.3, 0.4) is 0 Å². The molecule has 4 rings (SSSR count). The molecular formula is C24H19ClN2O5. The van der Waals surface area contributed by atoms with E-state index in [0.29, 0.717) is 21.9 Å². The summed E-state index contributed by atoms with van der Waals surface area (Å²) in [6.45, 7) is 1.76. The minimum atomic E-state index is -0.476. The quantitative estimate of drug-likeness (QED) is 0.244. The Hall–Kier alpha value is -3.84. The maximum absolute atomic E-state index is 12.5. The zero-order chi connectivity index (χ0) is 22.5. The summed E-state index contributed by atoms with van der Waals surface area (Å²) in [4.78, 5) is 23.8. The van der Waals surface area contributed by atoms with Gasteiger partial charge in [-0.25, -0.2) is 10.2 Å². The van der Waals surface area contributed by atoms with Crippen LogP contribution in [0.25, 0.3) is 21.7 Å². The van der Waals surface area contributed by atoms with Crippen LogP contribution < -0.4 is 10.2 Å². The first-order valence-electron chi connectivity index (χ1n) is 9.88. The van der Waals surface area contributed by atoms with Crippen molar-refractivity contribution in [1.29, 1.82) is 0 Å². The van der Waals surface area contributed by atoms with Crippen LogP contribution in [-0.4, -0.2) is 31.3 Å². The van der Waals surface area contributed by atoms with E-state index in [1.165, 1.54) is 6.21 Å². The zero-order valence-electron chi connectivity index (χ0n) is 17.1. The van der Waals surface area contributed by atoms with Crippen molar-refractivity contribution in [3.63, 3.8) is 0 Å². The molecule has 3 aromatic carbocycles. The molecule has 1 N–H and O–H groups in total. The Balaban J connectivity index is 1.41. The van der Waals surface area contributed by atoms with Crippen molar-refractivity contribution in [3.8, 4) is 5.75 Å². The van der Waals surface area contributed by atoms with E-state index in [9.17, 15) is 9.59 Å². The van der Waals surface area contributed by atoms with E-state index in [-0.39, 0.29) is 19.0 Å². The molecule has 0 saturated carbocycles. The van der Waals surface area contributed by atoms with E-state index >= 15 is 0 Å². The first-order chi connectivity index (χ1) is 15.5. The number of furan rings is 1. The third-order valence-electron chi connectivity index (χ3n) is 4.64. The van der Waals surface area contributed by atoms with Crippen molar-refractivity contribution in [2.75, 3.05) is 13.2 Å². The molecule has 0 aliphatic carbocycles. The van der Waals surface area contributed by atoms with Gasteiger partial charge in [-0.05, 0) is 53.6 Å². The average molecular weight is 451 g/mol. The Morgan fingerprint density at radius 1 is 1.09 bits per heavy atom. The van der Waals surface area contributed by atoms with Crippen LogP contribution >= 0.6 is 11.6 Å². The number of hydrogen-bond acceptors (Lipinski definition) is 6. The second-order valence-electron chi connectivity index (χ2n) is 6.79. The molecule has 0 saturated heterocycles. The van der Waals surface area contributed by atoms with Crippen LogP contribution in [0.1, 0.15) is 23.0 Å². The third kappa shape index (κ3) is 4.73. The first kappa shape index (κ1) is 21.4. The molecule has 7 nitrogen and oxygen atoms in total. The van der Waals surface area contributed by atoms with Crippen molar-refractivity contribution in [1.82, 2.24) is 5.43 Å². The van der Waals surface area contributed by atoms with Crippen LogP contribution in [0, 0.1) is 0 Å². The number of halogens is 1. The lowest BCUT2D eigenvalue weighted by atomic mass is 10.1. The number of hydrogen-bond donors (Lipinski definition) is 1. The Morgan fingerprint density at radius 2 is 1.94 bits per heavy atom. The maximum atomic E-state index is 12.5. The van der Waals surface area contributed by atoms with Gasteiger partial charge in [0.25, 0.3) is 0 Å². The topological polar surface area (TPSA) is 90.1 Å². The fourth-order valence-corrected chi connectivity index (χ4v) is 3.42. The lowest BCUT2D eigenvalue weighted by Gasteiger charge is -2.07. The van der Waals surface area contributed by atoms with Gasteiger partial charge in [-0.2, -0.15) is 5.10 Å². The van der Waals surface area contributed by atoms with E-state index in [0.717, 1.165) is 16.2 Å². The predicted octanol–water partition coefficient (Wildman–Crippen LogP) is 4.95. The summed E-state index contributed by atoms with van der Waals surface area (Å²) in [5, 5.41) is 7.20. The van der Waals surface area contributed by atoms with Crippen molar-refractivity contribution in [2.24, 2.45) is 5.10 Å². The molecule has 0 spiro atoms. The molecule has 0 fully saturated rings. The number of rotatable bonds is 7. The number of nitrogens with one attached hydrogen (secondary N) is 1. The smallest absolute Gasteiger partial charge is 0.344 e. The number of amides is 1. The third-order valence-corrected chi connectivity index (χ3v) is 4.93. The molecular weight excluding hydrogens is 432 g/mol. The number of nitrogens with zero attached hydrogens (tertiary/aromatic N) is 1. The van der Waals surface area contributed by atoms with Crippen molar-refractivity contribution in [2.45, 2.75) is 6.92 Å². The summed E-state index contributed by atoms with van der Waals surface area (Å²) in [5.74, 6) is -0.442. The summed E-state index contributed by atoms with van der Waals surface area (Å²) in [6.07, 6.45) is 1.44. The Morgan fingerprint density at radius 3 is 2.75 bits per heavy atom. The minimum absolute atomic E-state index is 0.161. The zero-order valence-corrected chi connectivity index (χ0v) is 17.9. The standard InChI is InChI=1S/C24H19ClN2O5/c1-2-30-23(28)14-31-21-9-7-15(11-19(21)25)13-26-27-24(29)22-12-18-17-6-4-3-5-16(17)8-10-20(18)32-22/h3-13H,2,14H2,1H3,(H,27,29)/b26-13-. The molecule has 0 unspecified atom stereocenters. The van der Waals surface area contributed by atoms with Gasteiger partial charge in [-0.15, -0.1) is 0 Å². The van der Waals surface area contributed by atoms with E-state index in [1.807, 2.05) is 36.4 Å². The van der Waals surface area contributed by atoms with E-state index < -0.39 is 11.9 Å². The van der Waals surface area contributed by atoms with Crippen molar-refractivity contribution >= 4 is 51.4 Å². The average Bonchev–Trinajstić information content (AvgIpc) is 3.24. The van der Waals surface area contributed by atoms with Gasteiger partial charge in [0.2, 0.25) is 0 Å². The van der Waals surface area contributed by atoms with Gasteiger partial charge in [-0.3, -0.25) is 4.79 Å². The number of benzene rings is 3. The van der Waals surface area contributed by atoms with Gasteiger partial charge in [-0.1, -0.05) is 41.9 Å². The lowest BCUT2D eigenvalue weighted by Crippen LogP contribution is -2.16. The summed E-state index contributed by atoms with van der Waals surface area (Å²) >= 11 is 6.18. The van der Waals surface area contributed by atoms with Crippen LogP contribution in [0.2, 0.25) is 5.02 Å². The molecule has 0 bridgehead atoms. The second kappa shape index (κ2) is 9.53. The van der Waals surface area contributed by atoms with Crippen molar-refractivity contribution in [3.05, 3.63) is 77.0 Å². The fourth-order valence-electron chi connectivity index (χ4n) is 3.18. The number of fused-ring (bicyclic) bond motifs is 3. The number of carbonyl (C=O) groups excluding carboxylic acids is 2. The summed E-state index contributed by atoms with van der Waals surface area (Å²) in [6, 6.07) is 18.3. The van der Waals surface area contributed by atoms with Crippen LogP contribution in [-0.2, 0) is 9.53 Å². The monoisotopic (exact) mass is 450 g/mol. The first-order valence-corrected chi connectivity index (χ1v) is 10.3. The normalized spacial score (nSPS) is 11.2. The SMILES string of the molecule is CCOC(=O)COc1ccc(/C=N\NC(=O)c2cc3c(ccc4ccccc43)o2)cc1Cl. The van der Waals surface area contributed by atoms with Gasteiger partial charge in [0.15, 0.2) is 12.4 Å². The largest absolute Gasteiger partial charge is 0.480 e. The summed E-state index contributed by atoms with van der Waals surface area (Å²) in [7, 11) is 0. The summed E-state index contributed by atoms with van der Waals surface area (Å²) < 4.78 is 15.8. The second-order valence-corrected chi connectivity index (χ2v) is 7.20.